The summed E-state index contributed by atoms with van der Waals surface area (Å²) in [6, 6.07) is 3.40. The minimum absolute atomic E-state index is 0.296. The highest BCUT2D eigenvalue weighted by Gasteiger charge is 2.15. The first-order valence-electron chi connectivity index (χ1n) is 4.75. The molecule has 0 amide bonds. The minimum Gasteiger partial charge on any atom is -0.496 e. The van der Waals surface area contributed by atoms with E-state index < -0.39 is 6.10 Å². The van der Waals surface area contributed by atoms with Crippen LogP contribution >= 0.6 is 15.9 Å². The van der Waals surface area contributed by atoms with Crippen LogP contribution in [0.15, 0.2) is 16.6 Å². The maximum absolute atomic E-state index is 9.84. The molecule has 4 heteroatoms. The van der Waals surface area contributed by atoms with Gasteiger partial charge in [0.25, 0.3) is 0 Å². The van der Waals surface area contributed by atoms with Crippen molar-refractivity contribution in [2.24, 2.45) is 5.73 Å². The third kappa shape index (κ3) is 2.71. The van der Waals surface area contributed by atoms with E-state index in [2.05, 4.69) is 15.9 Å². The largest absolute Gasteiger partial charge is 0.496 e. The van der Waals surface area contributed by atoms with Gasteiger partial charge in [0.15, 0.2) is 0 Å². The maximum atomic E-state index is 9.84. The molecule has 1 aromatic carbocycles. The fourth-order valence-electron chi connectivity index (χ4n) is 1.39. The third-order valence-electron chi connectivity index (χ3n) is 2.30. The van der Waals surface area contributed by atoms with Crippen molar-refractivity contribution in [2.75, 3.05) is 7.11 Å². The van der Waals surface area contributed by atoms with E-state index in [0.717, 1.165) is 15.6 Å². The van der Waals surface area contributed by atoms with Crippen LogP contribution in [0.3, 0.4) is 0 Å². The Morgan fingerprint density at radius 2 is 2.07 bits per heavy atom. The first kappa shape index (κ1) is 12.5. The molecule has 0 radical (unpaired) electrons. The quantitative estimate of drug-likeness (QED) is 0.888. The van der Waals surface area contributed by atoms with Crippen LogP contribution in [0.2, 0.25) is 0 Å². The molecule has 0 saturated heterocycles. The molecule has 1 rings (SSSR count). The van der Waals surface area contributed by atoms with Crippen molar-refractivity contribution in [3.05, 3.63) is 27.7 Å². The summed E-state index contributed by atoms with van der Waals surface area (Å²) in [4.78, 5) is 0. The zero-order chi connectivity index (χ0) is 11.6. The molecule has 0 heterocycles. The van der Waals surface area contributed by atoms with Gasteiger partial charge in [0.2, 0.25) is 0 Å². The van der Waals surface area contributed by atoms with Gasteiger partial charge in [0.05, 0.1) is 17.7 Å². The van der Waals surface area contributed by atoms with Gasteiger partial charge in [-0.1, -0.05) is 6.07 Å². The predicted molar refractivity (Wildman–Crippen MR) is 64.0 cm³/mol. The molecular formula is C11H16BrNO2. The Morgan fingerprint density at radius 3 is 2.53 bits per heavy atom. The minimum atomic E-state index is -0.661. The van der Waals surface area contributed by atoms with E-state index in [-0.39, 0.29) is 6.04 Å². The first-order valence-corrected chi connectivity index (χ1v) is 5.54. The van der Waals surface area contributed by atoms with Crippen molar-refractivity contribution in [1.29, 1.82) is 0 Å². The highest BCUT2D eigenvalue weighted by atomic mass is 79.9. The number of hydrogen-bond acceptors (Lipinski definition) is 3. The number of nitrogens with two attached hydrogens (primary N) is 1. The third-order valence-corrected chi connectivity index (χ3v) is 3.32. The lowest BCUT2D eigenvalue weighted by molar-refractivity contribution is 0.153. The number of benzene rings is 1. The molecule has 3 N–H and O–H groups in total. The van der Waals surface area contributed by atoms with E-state index in [1.807, 2.05) is 13.0 Å². The molecule has 0 aliphatic heterocycles. The standard InChI is InChI=1S/C11H16BrNO2/c1-6-4-8(11(14)7(2)13)5-9(15-3)10(6)12/h4-5,7,11,14H,13H2,1-3H3. The molecule has 0 fully saturated rings. The van der Waals surface area contributed by atoms with Crippen LogP contribution < -0.4 is 10.5 Å². The lowest BCUT2D eigenvalue weighted by Crippen LogP contribution is -2.24. The summed E-state index contributed by atoms with van der Waals surface area (Å²) in [5.41, 5.74) is 7.44. The fraction of sp³-hybridized carbons (Fsp3) is 0.455. The Kier molecular flexibility index (Phi) is 4.13. The number of halogens is 1. The van der Waals surface area contributed by atoms with Gasteiger partial charge in [0, 0.05) is 6.04 Å². The van der Waals surface area contributed by atoms with Gasteiger partial charge in [-0.05, 0) is 47.0 Å². The SMILES string of the molecule is COc1cc(C(O)C(C)N)cc(C)c1Br. The number of ether oxygens (including phenoxy) is 1. The van der Waals surface area contributed by atoms with Gasteiger partial charge >= 0.3 is 0 Å². The number of methoxy groups -OCH3 is 1. The highest BCUT2D eigenvalue weighted by molar-refractivity contribution is 9.10. The van der Waals surface area contributed by atoms with Crippen molar-refractivity contribution in [2.45, 2.75) is 26.0 Å². The lowest BCUT2D eigenvalue weighted by Gasteiger charge is -2.17. The van der Waals surface area contributed by atoms with Crippen LogP contribution in [-0.2, 0) is 0 Å². The van der Waals surface area contributed by atoms with Crippen molar-refractivity contribution in [1.82, 2.24) is 0 Å². The van der Waals surface area contributed by atoms with Gasteiger partial charge in [0.1, 0.15) is 5.75 Å². The molecule has 3 nitrogen and oxygen atoms in total. The number of aliphatic hydroxyl groups excluding tert-OH is 1. The van der Waals surface area contributed by atoms with Crippen LogP contribution in [0, 0.1) is 6.92 Å². The Hall–Kier alpha value is -0.580. The van der Waals surface area contributed by atoms with Crippen molar-refractivity contribution < 1.29 is 9.84 Å². The van der Waals surface area contributed by atoms with Gasteiger partial charge in [-0.25, -0.2) is 0 Å². The number of hydrogen-bond donors (Lipinski definition) is 2. The van der Waals surface area contributed by atoms with E-state index in [1.54, 1.807) is 20.1 Å². The van der Waals surface area contributed by atoms with Crippen molar-refractivity contribution >= 4 is 15.9 Å². The molecule has 0 bridgehead atoms. The second-order valence-electron chi connectivity index (χ2n) is 3.66. The van der Waals surface area contributed by atoms with Crippen LogP contribution in [0.4, 0.5) is 0 Å². The van der Waals surface area contributed by atoms with E-state index in [0.29, 0.717) is 5.75 Å². The molecule has 0 saturated carbocycles. The van der Waals surface area contributed by atoms with E-state index >= 15 is 0 Å². The lowest BCUT2D eigenvalue weighted by atomic mass is 10.0. The molecule has 2 unspecified atom stereocenters. The van der Waals surface area contributed by atoms with Gasteiger partial charge in [-0.15, -0.1) is 0 Å². The summed E-state index contributed by atoms with van der Waals surface area (Å²) in [6.45, 7) is 3.72. The Labute approximate surface area is 98.4 Å². The average molecular weight is 274 g/mol. The first-order chi connectivity index (χ1) is 6.97. The maximum Gasteiger partial charge on any atom is 0.133 e. The summed E-state index contributed by atoms with van der Waals surface area (Å²) in [6.07, 6.45) is -0.661. The Balaban J connectivity index is 3.16. The highest BCUT2D eigenvalue weighted by Crippen LogP contribution is 2.32. The summed E-state index contributed by atoms with van der Waals surface area (Å²) < 4.78 is 6.11. The molecule has 2 atom stereocenters. The topological polar surface area (TPSA) is 55.5 Å². The molecule has 15 heavy (non-hydrogen) atoms. The molecular weight excluding hydrogens is 258 g/mol. The van der Waals surface area contributed by atoms with Crippen LogP contribution in [0.25, 0.3) is 0 Å². The summed E-state index contributed by atoms with van der Waals surface area (Å²) in [7, 11) is 1.60. The summed E-state index contributed by atoms with van der Waals surface area (Å²) in [5.74, 6) is 0.713. The van der Waals surface area contributed by atoms with Crippen molar-refractivity contribution in [3.8, 4) is 5.75 Å². The molecule has 84 valence electrons. The molecule has 0 aliphatic carbocycles. The van der Waals surface area contributed by atoms with Gasteiger partial charge in [-0.2, -0.15) is 0 Å². The fourth-order valence-corrected chi connectivity index (χ4v) is 1.78. The van der Waals surface area contributed by atoms with Gasteiger partial charge < -0.3 is 15.6 Å². The normalized spacial score (nSPS) is 14.8. The zero-order valence-electron chi connectivity index (χ0n) is 9.12. The number of rotatable bonds is 3. The molecule has 0 aromatic heterocycles. The molecule has 0 aliphatic rings. The summed E-state index contributed by atoms with van der Waals surface area (Å²) in [5, 5.41) is 9.84. The van der Waals surface area contributed by atoms with Crippen LogP contribution in [-0.4, -0.2) is 18.3 Å². The second kappa shape index (κ2) is 4.96. The monoisotopic (exact) mass is 273 g/mol. The molecule has 1 aromatic rings. The molecule has 0 spiro atoms. The Bertz CT molecular complexity index is 353. The van der Waals surface area contributed by atoms with Crippen LogP contribution in [0.1, 0.15) is 24.2 Å². The van der Waals surface area contributed by atoms with Crippen molar-refractivity contribution in [3.63, 3.8) is 0 Å². The predicted octanol–water partition coefficient (Wildman–Crippen LogP) is 2.15. The number of aryl methyl sites for hydroxylation is 1. The zero-order valence-corrected chi connectivity index (χ0v) is 10.7. The smallest absolute Gasteiger partial charge is 0.133 e. The van der Waals surface area contributed by atoms with Gasteiger partial charge in [-0.3, -0.25) is 0 Å². The average Bonchev–Trinajstić information content (AvgIpc) is 2.20. The van der Waals surface area contributed by atoms with E-state index in [4.69, 9.17) is 10.5 Å². The van der Waals surface area contributed by atoms with E-state index in [1.165, 1.54) is 0 Å². The Morgan fingerprint density at radius 1 is 1.47 bits per heavy atom. The number of aliphatic hydroxyl groups is 1. The van der Waals surface area contributed by atoms with E-state index in [9.17, 15) is 5.11 Å². The van der Waals surface area contributed by atoms with Crippen LogP contribution in [0.5, 0.6) is 5.75 Å². The summed E-state index contributed by atoms with van der Waals surface area (Å²) >= 11 is 3.42. The second-order valence-corrected chi connectivity index (χ2v) is 4.45.